The van der Waals surface area contributed by atoms with E-state index in [1.807, 2.05) is 24.5 Å². The fourth-order valence-corrected chi connectivity index (χ4v) is 9.26. The average molecular weight is 677 g/mol. The van der Waals surface area contributed by atoms with E-state index in [9.17, 15) is 0 Å². The highest BCUT2D eigenvalue weighted by Crippen LogP contribution is 2.57. The van der Waals surface area contributed by atoms with E-state index in [2.05, 4.69) is 172 Å². The first-order chi connectivity index (χ1) is 25.5. The molecule has 2 heterocycles. The number of aromatic nitrogens is 2. The Balaban J connectivity index is 1.35. The molecule has 0 saturated heterocycles. The highest BCUT2D eigenvalue weighted by molar-refractivity contribution is 5.86. The number of fused-ring (bicyclic) bond motifs is 2. The Morgan fingerprint density at radius 3 is 2.10 bits per heavy atom. The van der Waals surface area contributed by atoms with E-state index >= 15 is 0 Å². The molecule has 0 spiro atoms. The summed E-state index contributed by atoms with van der Waals surface area (Å²) in [4.78, 5) is 9.34. The van der Waals surface area contributed by atoms with Crippen LogP contribution >= 0.6 is 0 Å². The maximum atomic E-state index is 4.68. The van der Waals surface area contributed by atoms with E-state index in [4.69, 9.17) is 0 Å². The lowest BCUT2D eigenvalue weighted by Crippen LogP contribution is -2.32. The number of aryl methyl sites for hydroxylation is 1. The Hall–Kier alpha value is -5.34. The summed E-state index contributed by atoms with van der Waals surface area (Å²) in [5.74, 6) is 1.72. The predicted octanol–water partition coefficient (Wildman–Crippen LogP) is 12.4. The van der Waals surface area contributed by atoms with Gasteiger partial charge in [0.15, 0.2) is 0 Å². The fourth-order valence-electron chi connectivity index (χ4n) is 9.26. The minimum Gasteiger partial charge on any atom is -0.256 e. The van der Waals surface area contributed by atoms with E-state index in [0.717, 1.165) is 23.4 Å². The third-order valence-corrected chi connectivity index (χ3v) is 11.8. The predicted molar refractivity (Wildman–Crippen MR) is 219 cm³/mol. The summed E-state index contributed by atoms with van der Waals surface area (Å²) in [6.45, 7) is 11.7. The van der Waals surface area contributed by atoms with Crippen LogP contribution in [-0.2, 0) is 6.42 Å². The third-order valence-electron chi connectivity index (χ3n) is 11.8. The number of benzene rings is 2. The average Bonchev–Trinajstić information content (AvgIpc) is 3.19. The molecule has 2 aromatic heterocycles. The van der Waals surface area contributed by atoms with Gasteiger partial charge in [0.2, 0.25) is 0 Å². The molecule has 0 aliphatic heterocycles. The van der Waals surface area contributed by atoms with Gasteiger partial charge in [-0.05, 0) is 111 Å². The first-order valence-corrected chi connectivity index (χ1v) is 19.1. The van der Waals surface area contributed by atoms with E-state index in [1.54, 1.807) is 0 Å². The monoisotopic (exact) mass is 676 g/mol. The van der Waals surface area contributed by atoms with Gasteiger partial charge in [-0.1, -0.05) is 143 Å². The van der Waals surface area contributed by atoms with Gasteiger partial charge in [-0.15, -0.1) is 0 Å². The summed E-state index contributed by atoms with van der Waals surface area (Å²) in [5.41, 5.74) is 17.3. The van der Waals surface area contributed by atoms with Gasteiger partial charge >= 0.3 is 0 Å². The second-order valence-corrected chi connectivity index (χ2v) is 14.8. The molecule has 2 aromatic carbocycles. The first kappa shape index (κ1) is 33.8. The summed E-state index contributed by atoms with van der Waals surface area (Å²) < 4.78 is 0. The second kappa shape index (κ2) is 14.4. The van der Waals surface area contributed by atoms with Gasteiger partial charge in [-0.2, -0.15) is 0 Å². The zero-order valence-corrected chi connectivity index (χ0v) is 31.0. The first-order valence-electron chi connectivity index (χ1n) is 19.1. The number of nitrogens with zero attached hydrogens (tertiary/aromatic N) is 2. The SMILES string of the molecule is C/C=C\c1c(CC)cccc1C1C=CC2=C(C3C=CC(c4ccccn4)=CC3C)C3=CC=CC(C)C3C(c3ccc(-c4ccccn4)cc3)=C2C1C. The Bertz CT molecular complexity index is 2220. The van der Waals surface area contributed by atoms with Gasteiger partial charge in [0.1, 0.15) is 0 Å². The molecule has 0 amide bonds. The zero-order valence-electron chi connectivity index (χ0n) is 31.0. The van der Waals surface area contributed by atoms with Crippen LogP contribution in [0.5, 0.6) is 0 Å². The molecule has 0 bridgehead atoms. The van der Waals surface area contributed by atoms with Gasteiger partial charge in [-0.25, -0.2) is 0 Å². The topological polar surface area (TPSA) is 25.8 Å². The van der Waals surface area contributed by atoms with Gasteiger partial charge < -0.3 is 0 Å². The van der Waals surface area contributed by atoms with Crippen molar-refractivity contribution in [3.63, 3.8) is 0 Å². The van der Waals surface area contributed by atoms with Crippen LogP contribution in [0.2, 0.25) is 0 Å². The minimum absolute atomic E-state index is 0.257. The maximum Gasteiger partial charge on any atom is 0.0701 e. The Labute approximate surface area is 310 Å². The molecule has 8 rings (SSSR count). The van der Waals surface area contributed by atoms with Crippen LogP contribution in [0.1, 0.15) is 68.5 Å². The molecule has 6 unspecified atom stereocenters. The van der Waals surface area contributed by atoms with Crippen molar-refractivity contribution in [2.24, 2.45) is 29.6 Å². The van der Waals surface area contributed by atoms with Crippen molar-refractivity contribution in [1.82, 2.24) is 9.97 Å². The molecule has 4 aromatic rings. The fraction of sp³-hybridized carbons (Fsp3) is 0.240. The van der Waals surface area contributed by atoms with Gasteiger partial charge in [0, 0.05) is 35.7 Å². The zero-order chi connectivity index (χ0) is 35.8. The number of rotatable bonds is 7. The molecule has 2 heteroatoms. The smallest absolute Gasteiger partial charge is 0.0701 e. The van der Waals surface area contributed by atoms with Crippen LogP contribution in [0.3, 0.4) is 0 Å². The molecule has 258 valence electrons. The van der Waals surface area contributed by atoms with Crippen molar-refractivity contribution in [2.75, 3.05) is 0 Å². The van der Waals surface area contributed by atoms with E-state index in [-0.39, 0.29) is 23.7 Å². The summed E-state index contributed by atoms with van der Waals surface area (Å²) in [7, 11) is 0. The lowest BCUT2D eigenvalue weighted by molar-refractivity contribution is 0.514. The van der Waals surface area contributed by atoms with Crippen LogP contribution in [-0.4, -0.2) is 9.97 Å². The summed E-state index contributed by atoms with van der Waals surface area (Å²) >= 11 is 0. The van der Waals surface area contributed by atoms with Gasteiger partial charge in [-0.3, -0.25) is 9.97 Å². The van der Waals surface area contributed by atoms with Crippen LogP contribution < -0.4 is 0 Å². The van der Waals surface area contributed by atoms with Crippen LogP contribution in [0.15, 0.2) is 168 Å². The summed E-state index contributed by atoms with van der Waals surface area (Å²) in [6, 6.07) is 28.5. The molecule has 4 aliphatic carbocycles. The van der Waals surface area contributed by atoms with Crippen molar-refractivity contribution in [3.8, 4) is 11.3 Å². The van der Waals surface area contributed by atoms with Crippen molar-refractivity contribution < 1.29 is 0 Å². The molecular formula is C50H48N2. The molecule has 2 nitrogen and oxygen atoms in total. The number of pyridine rings is 2. The molecule has 0 saturated carbocycles. The highest BCUT2D eigenvalue weighted by atomic mass is 14.7. The molecule has 0 fully saturated rings. The van der Waals surface area contributed by atoms with E-state index in [0.29, 0.717) is 11.8 Å². The number of hydrogen-bond donors (Lipinski definition) is 0. The number of allylic oxidation sites excluding steroid dienone is 15. The van der Waals surface area contributed by atoms with Crippen LogP contribution in [0, 0.1) is 29.6 Å². The third kappa shape index (κ3) is 5.95. The lowest BCUT2D eigenvalue weighted by atomic mass is 9.58. The van der Waals surface area contributed by atoms with E-state index < -0.39 is 0 Å². The quantitative estimate of drug-likeness (QED) is 0.195. The summed E-state index contributed by atoms with van der Waals surface area (Å²) in [5, 5.41) is 0. The van der Waals surface area contributed by atoms with Crippen LogP contribution in [0.4, 0.5) is 0 Å². The minimum atomic E-state index is 0.257. The molecule has 4 aliphatic rings. The van der Waals surface area contributed by atoms with Crippen molar-refractivity contribution >= 4 is 17.2 Å². The Morgan fingerprint density at radius 1 is 0.673 bits per heavy atom. The van der Waals surface area contributed by atoms with Crippen molar-refractivity contribution in [2.45, 2.75) is 47.0 Å². The second-order valence-electron chi connectivity index (χ2n) is 14.8. The highest BCUT2D eigenvalue weighted by Gasteiger charge is 2.43. The Morgan fingerprint density at radius 2 is 1.40 bits per heavy atom. The van der Waals surface area contributed by atoms with Crippen LogP contribution in [0.25, 0.3) is 28.5 Å². The van der Waals surface area contributed by atoms with Gasteiger partial charge in [0.05, 0.1) is 11.4 Å². The molecule has 0 N–H and O–H groups in total. The number of hydrogen-bond acceptors (Lipinski definition) is 2. The standard InChI is InChI=1S/C50H48N2/c1-6-14-41-35(7-2)16-13-17-42(41)40-27-28-44-48(34(40)5)49(37-23-21-36(22-24-37)45-19-8-10-29-51-45)47-32(3)15-12-18-43(47)50(44)39-26-25-38(31-33(39)4)46-20-9-11-30-52-46/h6,8-34,39-40,47H,7H2,1-5H3/b14-6-. The van der Waals surface area contributed by atoms with Crippen molar-refractivity contribution in [3.05, 3.63) is 196 Å². The molecule has 0 radical (unpaired) electrons. The summed E-state index contributed by atoms with van der Waals surface area (Å²) in [6.07, 6.45) is 28.7. The van der Waals surface area contributed by atoms with Gasteiger partial charge in [0.25, 0.3) is 0 Å². The van der Waals surface area contributed by atoms with E-state index in [1.165, 1.54) is 55.7 Å². The Kier molecular flexibility index (Phi) is 9.32. The lowest BCUT2D eigenvalue weighted by Gasteiger charge is -2.45. The van der Waals surface area contributed by atoms with Crippen molar-refractivity contribution in [1.29, 1.82) is 0 Å². The molecule has 6 atom stereocenters. The maximum absolute atomic E-state index is 4.68. The normalized spacial score (nSPS) is 25.2. The molecular weight excluding hydrogens is 629 g/mol. The largest absolute Gasteiger partial charge is 0.256 e. The molecule has 52 heavy (non-hydrogen) atoms.